The second-order valence-electron chi connectivity index (χ2n) is 5.42. The van der Waals surface area contributed by atoms with Crippen LogP contribution in [0.25, 0.3) is 0 Å². The lowest BCUT2D eigenvalue weighted by Gasteiger charge is -2.31. The smallest absolute Gasteiger partial charge is 0.355 e. The number of nitrogens with one attached hydrogen (secondary N) is 1. The Hall–Kier alpha value is -1.12. The summed E-state index contributed by atoms with van der Waals surface area (Å²) in [7, 11) is 0. The van der Waals surface area contributed by atoms with Crippen LogP contribution in [0.2, 0.25) is 0 Å². The summed E-state index contributed by atoms with van der Waals surface area (Å²) >= 11 is 0.773. The first kappa shape index (κ1) is 17.2. The normalized spacial score (nSPS) is 20.1. The zero-order valence-corrected chi connectivity index (χ0v) is 13.0. The lowest BCUT2D eigenvalue weighted by molar-refractivity contribution is -0.134. The van der Waals surface area contributed by atoms with Gasteiger partial charge in [0.1, 0.15) is 4.88 Å². The number of amides is 1. The van der Waals surface area contributed by atoms with Crippen molar-refractivity contribution in [1.82, 2.24) is 10.2 Å². The predicted octanol–water partition coefficient (Wildman–Crippen LogP) is 2.05. The maximum atomic E-state index is 12.6. The lowest BCUT2D eigenvalue weighted by Crippen LogP contribution is -2.43. The van der Waals surface area contributed by atoms with E-state index in [0.29, 0.717) is 31.1 Å². The number of halogens is 3. The number of carbonyl (C=O) groups excluding carboxylic acids is 1. The van der Waals surface area contributed by atoms with Crippen LogP contribution in [0.1, 0.15) is 22.6 Å². The van der Waals surface area contributed by atoms with Gasteiger partial charge in [0.25, 0.3) is 0 Å². The van der Waals surface area contributed by atoms with Crippen LogP contribution in [-0.4, -0.2) is 37.0 Å². The topological polar surface area (TPSA) is 58.4 Å². The van der Waals surface area contributed by atoms with Crippen LogP contribution in [0.5, 0.6) is 0 Å². The molecule has 0 radical (unpaired) electrons. The van der Waals surface area contributed by atoms with Crippen molar-refractivity contribution in [2.45, 2.75) is 25.6 Å². The highest BCUT2D eigenvalue weighted by Crippen LogP contribution is 2.35. The molecule has 1 aromatic heterocycles. The van der Waals surface area contributed by atoms with Gasteiger partial charge in [-0.1, -0.05) is 0 Å². The van der Waals surface area contributed by atoms with Crippen LogP contribution in [0, 0.1) is 5.92 Å². The van der Waals surface area contributed by atoms with Gasteiger partial charge in [0.05, 0.1) is 5.92 Å². The third kappa shape index (κ3) is 4.69. The average Bonchev–Trinajstić information content (AvgIpc) is 2.93. The molecular formula is C14H20F3N3OS. The number of thiophene rings is 1. The van der Waals surface area contributed by atoms with E-state index < -0.39 is 11.1 Å². The highest BCUT2D eigenvalue weighted by Gasteiger charge is 2.33. The van der Waals surface area contributed by atoms with Gasteiger partial charge in [-0.25, -0.2) is 0 Å². The summed E-state index contributed by atoms with van der Waals surface area (Å²) in [5, 5.41) is 2.77. The first-order valence-corrected chi connectivity index (χ1v) is 8.08. The molecule has 3 N–H and O–H groups in total. The van der Waals surface area contributed by atoms with Crippen molar-refractivity contribution in [3.63, 3.8) is 0 Å². The van der Waals surface area contributed by atoms with Crippen molar-refractivity contribution in [2.24, 2.45) is 11.7 Å². The Morgan fingerprint density at radius 2 is 2.23 bits per heavy atom. The zero-order valence-electron chi connectivity index (χ0n) is 12.2. The van der Waals surface area contributed by atoms with Gasteiger partial charge >= 0.3 is 6.18 Å². The maximum absolute atomic E-state index is 12.6. The molecule has 1 atom stereocenters. The monoisotopic (exact) mass is 335 g/mol. The quantitative estimate of drug-likeness (QED) is 0.866. The largest absolute Gasteiger partial charge is 0.425 e. The first-order chi connectivity index (χ1) is 10.4. The fourth-order valence-corrected chi connectivity index (χ4v) is 3.51. The lowest BCUT2D eigenvalue weighted by atomic mass is 9.97. The minimum Gasteiger partial charge on any atom is -0.355 e. The molecule has 0 aromatic carbocycles. The number of nitrogens with two attached hydrogens (primary N) is 1. The van der Waals surface area contributed by atoms with E-state index in [1.54, 1.807) is 0 Å². The Morgan fingerprint density at radius 1 is 1.45 bits per heavy atom. The number of alkyl halides is 3. The molecule has 1 unspecified atom stereocenters. The number of carbonyl (C=O) groups is 1. The summed E-state index contributed by atoms with van der Waals surface area (Å²) in [6.45, 7) is 2.70. The minimum absolute atomic E-state index is 0.0164. The number of rotatable bonds is 5. The van der Waals surface area contributed by atoms with Crippen molar-refractivity contribution < 1.29 is 18.0 Å². The maximum Gasteiger partial charge on any atom is 0.425 e. The standard InChI is InChI=1S/C14H20F3N3OS/c15-14(16,17)12-4-3-11(22-12)9-20-7-1-2-10(8-20)13(21)19-6-5-18/h3-4,10H,1-2,5-9,18H2,(H,19,21). The SMILES string of the molecule is NCCNC(=O)C1CCCN(Cc2ccc(C(F)(F)F)s2)C1. The van der Waals surface area contributed by atoms with Crippen molar-refractivity contribution in [3.8, 4) is 0 Å². The van der Waals surface area contributed by atoms with Crippen LogP contribution in [0.4, 0.5) is 13.2 Å². The molecule has 4 nitrogen and oxygen atoms in total. The highest BCUT2D eigenvalue weighted by molar-refractivity contribution is 7.12. The predicted molar refractivity (Wildman–Crippen MR) is 79.4 cm³/mol. The molecule has 1 amide bonds. The van der Waals surface area contributed by atoms with Crippen molar-refractivity contribution in [2.75, 3.05) is 26.2 Å². The van der Waals surface area contributed by atoms with E-state index in [4.69, 9.17) is 5.73 Å². The van der Waals surface area contributed by atoms with Crippen molar-refractivity contribution in [3.05, 3.63) is 21.9 Å². The van der Waals surface area contributed by atoms with E-state index >= 15 is 0 Å². The molecule has 1 saturated heterocycles. The van der Waals surface area contributed by atoms with E-state index in [1.807, 2.05) is 4.90 Å². The van der Waals surface area contributed by atoms with Crippen LogP contribution in [0.15, 0.2) is 12.1 Å². The van der Waals surface area contributed by atoms with E-state index in [2.05, 4.69) is 5.32 Å². The Bertz CT molecular complexity index is 504. The van der Waals surface area contributed by atoms with E-state index in [1.165, 1.54) is 6.07 Å². The second-order valence-corrected chi connectivity index (χ2v) is 6.59. The Morgan fingerprint density at radius 3 is 2.86 bits per heavy atom. The van der Waals surface area contributed by atoms with Gasteiger partial charge in [-0.05, 0) is 31.5 Å². The third-order valence-corrected chi connectivity index (χ3v) is 4.76. The van der Waals surface area contributed by atoms with Gasteiger partial charge in [0, 0.05) is 31.1 Å². The summed E-state index contributed by atoms with van der Waals surface area (Å²) < 4.78 is 37.8. The minimum atomic E-state index is -4.28. The third-order valence-electron chi connectivity index (χ3n) is 3.64. The summed E-state index contributed by atoms with van der Waals surface area (Å²) in [6.07, 6.45) is -2.60. The molecule has 22 heavy (non-hydrogen) atoms. The summed E-state index contributed by atoms with van der Waals surface area (Å²) in [5.41, 5.74) is 5.36. The molecule has 0 saturated carbocycles. The summed E-state index contributed by atoms with van der Waals surface area (Å²) in [5.74, 6) is -0.125. The summed E-state index contributed by atoms with van der Waals surface area (Å²) in [6, 6.07) is 2.64. The number of likely N-dealkylation sites (tertiary alicyclic amines) is 1. The Balaban J connectivity index is 1.90. The van der Waals surface area contributed by atoms with Crippen LogP contribution in [-0.2, 0) is 17.5 Å². The Kier molecular flexibility index (Phi) is 5.82. The highest BCUT2D eigenvalue weighted by atomic mass is 32.1. The summed E-state index contributed by atoms with van der Waals surface area (Å²) in [4.78, 5) is 14.1. The van der Waals surface area contributed by atoms with Gasteiger partial charge in [-0.3, -0.25) is 9.69 Å². The number of piperidine rings is 1. The van der Waals surface area contributed by atoms with E-state index in [-0.39, 0.29) is 11.8 Å². The molecule has 1 aromatic rings. The molecule has 2 rings (SSSR count). The molecule has 8 heteroatoms. The van der Waals surface area contributed by atoms with Gasteiger partial charge < -0.3 is 11.1 Å². The molecule has 2 heterocycles. The van der Waals surface area contributed by atoms with E-state index in [0.717, 1.165) is 36.8 Å². The van der Waals surface area contributed by atoms with Gasteiger partial charge in [-0.2, -0.15) is 13.2 Å². The number of hydrogen-bond acceptors (Lipinski definition) is 4. The first-order valence-electron chi connectivity index (χ1n) is 7.26. The second kappa shape index (κ2) is 7.43. The molecule has 1 fully saturated rings. The fourth-order valence-electron chi connectivity index (χ4n) is 2.59. The molecule has 0 spiro atoms. The molecule has 1 aliphatic rings. The molecule has 0 aliphatic carbocycles. The van der Waals surface area contributed by atoms with Gasteiger partial charge in [-0.15, -0.1) is 11.3 Å². The Labute approximate surface area is 131 Å². The van der Waals surface area contributed by atoms with Crippen LogP contribution in [0.3, 0.4) is 0 Å². The molecule has 0 bridgehead atoms. The zero-order chi connectivity index (χ0) is 16.2. The van der Waals surface area contributed by atoms with E-state index in [9.17, 15) is 18.0 Å². The van der Waals surface area contributed by atoms with Crippen LogP contribution < -0.4 is 11.1 Å². The average molecular weight is 335 g/mol. The van der Waals surface area contributed by atoms with Crippen molar-refractivity contribution in [1.29, 1.82) is 0 Å². The molecule has 1 aliphatic heterocycles. The number of nitrogens with zero attached hydrogens (tertiary/aromatic N) is 1. The number of hydrogen-bond donors (Lipinski definition) is 2. The van der Waals surface area contributed by atoms with Crippen LogP contribution >= 0.6 is 11.3 Å². The molecule has 124 valence electrons. The van der Waals surface area contributed by atoms with Gasteiger partial charge in [0.15, 0.2) is 0 Å². The van der Waals surface area contributed by atoms with Crippen molar-refractivity contribution >= 4 is 17.2 Å². The molecular weight excluding hydrogens is 315 g/mol. The fraction of sp³-hybridized carbons (Fsp3) is 0.643. The van der Waals surface area contributed by atoms with Gasteiger partial charge in [0.2, 0.25) is 5.91 Å².